The van der Waals surface area contributed by atoms with Gasteiger partial charge in [0.2, 0.25) is 0 Å². The molecule has 150 valence electrons. The zero-order valence-electron chi connectivity index (χ0n) is 16.6. The maximum absolute atomic E-state index is 11.4. The zero-order valence-corrected chi connectivity index (χ0v) is 16.6. The first-order valence-corrected chi connectivity index (χ1v) is 9.31. The second kappa shape index (κ2) is 9.32. The Morgan fingerprint density at radius 3 is 2.36 bits per heavy atom. The molecule has 1 aliphatic rings. The van der Waals surface area contributed by atoms with E-state index in [0.29, 0.717) is 11.5 Å². The van der Waals surface area contributed by atoms with Crippen molar-refractivity contribution in [3.8, 4) is 17.2 Å². The van der Waals surface area contributed by atoms with E-state index >= 15 is 0 Å². The van der Waals surface area contributed by atoms with E-state index in [2.05, 4.69) is 21.2 Å². The molecule has 3 rings (SSSR count). The number of benzene rings is 2. The zero-order chi connectivity index (χ0) is 19.9. The lowest BCUT2D eigenvalue weighted by molar-refractivity contribution is 0.200. The second-order valence-corrected chi connectivity index (χ2v) is 6.56. The van der Waals surface area contributed by atoms with Crippen LogP contribution in [0.3, 0.4) is 0 Å². The number of hydrogen-bond acceptors (Lipinski definition) is 6. The Labute approximate surface area is 165 Å². The lowest BCUT2D eigenvalue weighted by Crippen LogP contribution is -2.46. The molecule has 1 N–H and O–H groups in total. The molecule has 2 aromatic rings. The number of rotatable bonds is 6. The molecule has 0 radical (unpaired) electrons. The van der Waals surface area contributed by atoms with E-state index in [9.17, 15) is 4.79 Å². The number of nitrogens with zero attached hydrogens (tertiary/aromatic N) is 2. The van der Waals surface area contributed by atoms with Gasteiger partial charge in [-0.1, -0.05) is 18.2 Å². The van der Waals surface area contributed by atoms with Gasteiger partial charge in [0.05, 0.1) is 19.9 Å². The highest BCUT2D eigenvalue weighted by Gasteiger charge is 2.20. The number of nitrogens with one attached hydrogen (secondary N) is 1. The van der Waals surface area contributed by atoms with Crippen molar-refractivity contribution < 1.29 is 19.0 Å². The third-order valence-electron chi connectivity index (χ3n) is 4.84. The number of hydrogen-bond donors (Lipinski definition) is 1. The van der Waals surface area contributed by atoms with Gasteiger partial charge in [-0.2, -0.15) is 0 Å². The lowest BCUT2D eigenvalue weighted by Gasteiger charge is -2.36. The monoisotopic (exact) mass is 385 g/mol. The Morgan fingerprint density at radius 2 is 1.68 bits per heavy atom. The number of para-hydroxylation sites is 2. The van der Waals surface area contributed by atoms with Crippen molar-refractivity contribution in [2.24, 2.45) is 0 Å². The summed E-state index contributed by atoms with van der Waals surface area (Å²) in [6.45, 7) is 4.61. The van der Waals surface area contributed by atoms with Crippen molar-refractivity contribution in [1.82, 2.24) is 10.2 Å². The SMILES string of the molecule is CNC(=O)Oc1ccc(CN2CCN(c3ccccc3OC)CC2)cc1OC. The number of ether oxygens (including phenoxy) is 3. The van der Waals surface area contributed by atoms with Gasteiger partial charge in [0, 0.05) is 39.8 Å². The van der Waals surface area contributed by atoms with E-state index < -0.39 is 6.09 Å². The van der Waals surface area contributed by atoms with Crippen molar-refractivity contribution in [2.45, 2.75) is 6.54 Å². The minimum absolute atomic E-state index is 0.409. The Morgan fingerprint density at radius 1 is 0.964 bits per heavy atom. The van der Waals surface area contributed by atoms with Crippen molar-refractivity contribution in [3.05, 3.63) is 48.0 Å². The predicted octanol–water partition coefficient (Wildman–Crippen LogP) is 2.74. The van der Waals surface area contributed by atoms with Gasteiger partial charge in [0.15, 0.2) is 11.5 Å². The molecule has 7 nitrogen and oxygen atoms in total. The first kappa shape index (κ1) is 19.8. The molecule has 1 aliphatic heterocycles. The van der Waals surface area contributed by atoms with E-state index in [1.54, 1.807) is 20.3 Å². The molecule has 0 aromatic heterocycles. The summed E-state index contributed by atoms with van der Waals surface area (Å²) < 4.78 is 16.1. The smallest absolute Gasteiger partial charge is 0.412 e. The van der Waals surface area contributed by atoms with Crippen molar-refractivity contribution >= 4 is 11.8 Å². The van der Waals surface area contributed by atoms with Crippen LogP contribution in [0, 0.1) is 0 Å². The van der Waals surface area contributed by atoms with Crippen molar-refractivity contribution in [1.29, 1.82) is 0 Å². The number of amides is 1. The molecule has 1 heterocycles. The average molecular weight is 385 g/mol. The fourth-order valence-corrected chi connectivity index (χ4v) is 3.34. The van der Waals surface area contributed by atoms with Crippen LogP contribution in [0.15, 0.2) is 42.5 Å². The van der Waals surface area contributed by atoms with Crippen molar-refractivity contribution in [3.63, 3.8) is 0 Å². The number of piperazine rings is 1. The summed E-state index contributed by atoms with van der Waals surface area (Å²) >= 11 is 0. The number of carbonyl (C=O) groups excluding carboxylic acids is 1. The molecule has 0 aliphatic carbocycles. The summed E-state index contributed by atoms with van der Waals surface area (Å²) in [5.74, 6) is 1.87. The van der Waals surface area contributed by atoms with Gasteiger partial charge in [0.1, 0.15) is 5.75 Å². The van der Waals surface area contributed by atoms with Crippen LogP contribution in [0.25, 0.3) is 0 Å². The molecule has 0 atom stereocenters. The quantitative estimate of drug-likeness (QED) is 0.825. The summed E-state index contributed by atoms with van der Waals surface area (Å²) in [5, 5.41) is 2.43. The van der Waals surface area contributed by atoms with E-state index in [1.807, 2.05) is 30.3 Å². The highest BCUT2D eigenvalue weighted by atomic mass is 16.6. The summed E-state index contributed by atoms with van der Waals surface area (Å²) in [6, 6.07) is 13.8. The third-order valence-corrected chi connectivity index (χ3v) is 4.84. The molecular weight excluding hydrogens is 358 g/mol. The van der Waals surface area contributed by atoms with Crippen LogP contribution in [0.2, 0.25) is 0 Å². The molecule has 0 saturated carbocycles. The Kier molecular flexibility index (Phi) is 6.60. The predicted molar refractivity (Wildman–Crippen MR) is 109 cm³/mol. The fourth-order valence-electron chi connectivity index (χ4n) is 3.34. The van der Waals surface area contributed by atoms with Crippen LogP contribution in [0.1, 0.15) is 5.56 Å². The first-order chi connectivity index (χ1) is 13.6. The Bertz CT molecular complexity index is 804. The lowest BCUT2D eigenvalue weighted by atomic mass is 10.1. The summed E-state index contributed by atoms with van der Waals surface area (Å²) in [4.78, 5) is 16.2. The molecule has 7 heteroatoms. The van der Waals surface area contributed by atoms with Crippen LogP contribution < -0.4 is 24.4 Å². The van der Waals surface area contributed by atoms with E-state index in [0.717, 1.165) is 49.7 Å². The van der Waals surface area contributed by atoms with Gasteiger partial charge in [-0.3, -0.25) is 4.90 Å². The topological polar surface area (TPSA) is 63.3 Å². The van der Waals surface area contributed by atoms with E-state index in [-0.39, 0.29) is 0 Å². The summed E-state index contributed by atoms with van der Waals surface area (Å²) in [7, 11) is 4.80. The fraction of sp³-hybridized carbons (Fsp3) is 0.381. The second-order valence-electron chi connectivity index (χ2n) is 6.56. The van der Waals surface area contributed by atoms with Gasteiger partial charge in [-0.25, -0.2) is 4.79 Å². The standard InChI is InChI=1S/C21H27N3O4/c1-22-21(25)28-19-9-8-16(14-20(19)27-3)15-23-10-12-24(13-11-23)17-6-4-5-7-18(17)26-2/h4-9,14H,10-13,15H2,1-3H3,(H,22,25). The maximum Gasteiger partial charge on any atom is 0.412 e. The molecule has 0 spiro atoms. The number of carbonyl (C=O) groups is 1. The van der Waals surface area contributed by atoms with Crippen molar-refractivity contribution in [2.75, 3.05) is 52.3 Å². The summed E-state index contributed by atoms with van der Waals surface area (Å²) in [5.41, 5.74) is 2.26. The highest BCUT2D eigenvalue weighted by molar-refractivity contribution is 5.71. The minimum Gasteiger partial charge on any atom is -0.495 e. The van der Waals surface area contributed by atoms with E-state index in [4.69, 9.17) is 14.2 Å². The van der Waals surface area contributed by atoms with E-state index in [1.165, 1.54) is 7.05 Å². The molecule has 1 saturated heterocycles. The molecule has 1 fully saturated rings. The van der Waals surface area contributed by atoms with Gasteiger partial charge >= 0.3 is 6.09 Å². The molecule has 1 amide bonds. The number of anilines is 1. The average Bonchev–Trinajstić information content (AvgIpc) is 2.75. The normalized spacial score (nSPS) is 14.5. The van der Waals surface area contributed by atoms with Gasteiger partial charge < -0.3 is 24.4 Å². The Balaban J connectivity index is 1.60. The maximum atomic E-state index is 11.4. The van der Waals surface area contributed by atoms with Crippen LogP contribution in [0.4, 0.5) is 10.5 Å². The van der Waals surface area contributed by atoms with Crippen LogP contribution in [0.5, 0.6) is 17.2 Å². The third kappa shape index (κ3) is 4.67. The summed E-state index contributed by atoms with van der Waals surface area (Å²) in [6.07, 6.45) is -0.515. The van der Waals surface area contributed by atoms with Crippen LogP contribution in [-0.4, -0.2) is 58.4 Å². The molecule has 2 aromatic carbocycles. The van der Waals surface area contributed by atoms with Gasteiger partial charge in [-0.05, 0) is 29.8 Å². The minimum atomic E-state index is -0.515. The molecule has 28 heavy (non-hydrogen) atoms. The molecule has 0 unspecified atom stereocenters. The van der Waals surface area contributed by atoms with Gasteiger partial charge in [0.25, 0.3) is 0 Å². The highest BCUT2D eigenvalue weighted by Crippen LogP contribution is 2.30. The van der Waals surface area contributed by atoms with Crippen LogP contribution >= 0.6 is 0 Å². The first-order valence-electron chi connectivity index (χ1n) is 9.31. The molecule has 0 bridgehead atoms. The van der Waals surface area contributed by atoms with Gasteiger partial charge in [-0.15, -0.1) is 0 Å². The molecular formula is C21H27N3O4. The van der Waals surface area contributed by atoms with Crippen LogP contribution in [-0.2, 0) is 6.54 Å². The number of methoxy groups -OCH3 is 2. The Hall–Kier alpha value is -2.93. The largest absolute Gasteiger partial charge is 0.495 e.